The van der Waals surface area contributed by atoms with Crippen LogP contribution in [0.25, 0.3) is 0 Å². The van der Waals surface area contributed by atoms with Gasteiger partial charge in [-0.05, 0) is 19.3 Å². The second-order valence-corrected chi connectivity index (χ2v) is 5.77. The molecule has 1 aromatic heterocycles. The Balaban J connectivity index is 2.25. The fourth-order valence-corrected chi connectivity index (χ4v) is 2.51. The van der Waals surface area contributed by atoms with Crippen LogP contribution in [-0.4, -0.2) is 38.8 Å². The predicted octanol–water partition coefficient (Wildman–Crippen LogP) is 1.05. The molecule has 6 heteroatoms. The normalized spacial score (nSPS) is 22.6. The van der Waals surface area contributed by atoms with Crippen molar-refractivity contribution in [2.75, 3.05) is 0 Å². The van der Waals surface area contributed by atoms with E-state index in [1.54, 1.807) is 17.3 Å². The summed E-state index contributed by atoms with van der Waals surface area (Å²) < 4.78 is 0. The minimum Gasteiger partial charge on any atom is -0.342 e. The first-order valence-electron chi connectivity index (χ1n) is 7.32. The Kier molecular flexibility index (Phi) is 4.55. The molecule has 0 aromatic carbocycles. The van der Waals surface area contributed by atoms with Crippen molar-refractivity contribution in [2.45, 2.75) is 52.7 Å². The highest BCUT2D eigenvalue weighted by Crippen LogP contribution is 2.19. The molecule has 2 atom stereocenters. The fourth-order valence-electron chi connectivity index (χ4n) is 2.51. The molecule has 2 unspecified atom stereocenters. The van der Waals surface area contributed by atoms with E-state index in [1.807, 2.05) is 27.7 Å². The maximum atomic E-state index is 12.6. The van der Waals surface area contributed by atoms with E-state index in [2.05, 4.69) is 15.3 Å². The second-order valence-electron chi connectivity index (χ2n) is 5.77. The summed E-state index contributed by atoms with van der Waals surface area (Å²) in [6, 6.07) is -0.894. The van der Waals surface area contributed by atoms with Gasteiger partial charge in [-0.15, -0.1) is 0 Å². The van der Waals surface area contributed by atoms with Crippen molar-refractivity contribution in [2.24, 2.45) is 5.92 Å². The third-order valence-electron chi connectivity index (χ3n) is 3.75. The summed E-state index contributed by atoms with van der Waals surface area (Å²) in [6.07, 6.45) is 3.92. The van der Waals surface area contributed by atoms with Gasteiger partial charge in [0.1, 0.15) is 12.1 Å². The number of aryl methyl sites for hydroxylation is 1. The molecular formula is C15H22N4O2. The average Bonchev–Trinajstić information content (AvgIpc) is 2.44. The number of hydrogen-bond donors (Lipinski definition) is 1. The Hall–Kier alpha value is -1.98. The highest BCUT2D eigenvalue weighted by Gasteiger charge is 2.40. The Bertz CT molecular complexity index is 527. The molecule has 0 aliphatic carbocycles. The zero-order valence-corrected chi connectivity index (χ0v) is 13.0. The van der Waals surface area contributed by atoms with E-state index in [1.165, 1.54) is 0 Å². The number of carbonyl (C=O) groups excluding carboxylic acids is 2. The van der Waals surface area contributed by atoms with Gasteiger partial charge in [0.05, 0.1) is 24.1 Å². The Morgan fingerprint density at radius 2 is 2.00 bits per heavy atom. The molecule has 1 N–H and O–H groups in total. The maximum Gasteiger partial charge on any atom is 0.246 e. The van der Waals surface area contributed by atoms with Gasteiger partial charge in [0.15, 0.2) is 0 Å². The molecule has 0 radical (unpaired) electrons. The van der Waals surface area contributed by atoms with Crippen LogP contribution in [-0.2, 0) is 16.1 Å². The number of aromatic nitrogens is 2. The summed E-state index contributed by atoms with van der Waals surface area (Å²) in [4.78, 5) is 34.9. The molecule has 0 spiro atoms. The average molecular weight is 290 g/mol. The van der Waals surface area contributed by atoms with E-state index in [0.29, 0.717) is 18.7 Å². The second kappa shape index (κ2) is 6.20. The third kappa shape index (κ3) is 3.20. The van der Waals surface area contributed by atoms with Gasteiger partial charge in [0.2, 0.25) is 11.8 Å². The molecule has 2 amide bonds. The third-order valence-corrected chi connectivity index (χ3v) is 3.75. The summed E-state index contributed by atoms with van der Waals surface area (Å²) in [6.45, 7) is 7.94. The zero-order chi connectivity index (χ0) is 15.6. The topological polar surface area (TPSA) is 75.2 Å². The van der Waals surface area contributed by atoms with Crippen LogP contribution in [0.4, 0.5) is 0 Å². The SMILES string of the molecule is CCC1C(=O)NC(C(C)C)C(=O)N1Cc1cnc(C)cn1. The molecule has 2 heterocycles. The van der Waals surface area contributed by atoms with Gasteiger partial charge >= 0.3 is 0 Å². The highest BCUT2D eigenvalue weighted by atomic mass is 16.2. The van der Waals surface area contributed by atoms with Gasteiger partial charge in [-0.25, -0.2) is 0 Å². The molecule has 2 rings (SSSR count). The molecule has 1 fully saturated rings. The minimum atomic E-state index is -0.460. The van der Waals surface area contributed by atoms with E-state index in [-0.39, 0.29) is 17.7 Å². The van der Waals surface area contributed by atoms with Crippen molar-refractivity contribution < 1.29 is 9.59 Å². The van der Waals surface area contributed by atoms with Crippen LogP contribution >= 0.6 is 0 Å². The molecule has 21 heavy (non-hydrogen) atoms. The Morgan fingerprint density at radius 1 is 1.29 bits per heavy atom. The Labute approximate surface area is 125 Å². The summed E-state index contributed by atoms with van der Waals surface area (Å²) in [7, 11) is 0. The van der Waals surface area contributed by atoms with Crippen LogP contribution in [0.1, 0.15) is 38.6 Å². The first kappa shape index (κ1) is 15.4. The molecule has 114 valence electrons. The molecule has 0 saturated carbocycles. The minimum absolute atomic E-state index is 0.0428. The van der Waals surface area contributed by atoms with Gasteiger partial charge in [-0.3, -0.25) is 19.6 Å². The molecule has 6 nitrogen and oxygen atoms in total. The van der Waals surface area contributed by atoms with Crippen molar-refractivity contribution >= 4 is 11.8 Å². The Morgan fingerprint density at radius 3 is 2.52 bits per heavy atom. The van der Waals surface area contributed by atoms with Crippen molar-refractivity contribution in [3.8, 4) is 0 Å². The molecular weight excluding hydrogens is 268 g/mol. The van der Waals surface area contributed by atoms with Crippen molar-refractivity contribution in [1.29, 1.82) is 0 Å². The number of carbonyl (C=O) groups is 2. The van der Waals surface area contributed by atoms with E-state index in [9.17, 15) is 9.59 Å². The maximum absolute atomic E-state index is 12.6. The van der Waals surface area contributed by atoms with E-state index >= 15 is 0 Å². The predicted molar refractivity (Wildman–Crippen MR) is 78.2 cm³/mol. The van der Waals surface area contributed by atoms with E-state index in [0.717, 1.165) is 5.69 Å². The van der Waals surface area contributed by atoms with Crippen LogP contribution in [0.3, 0.4) is 0 Å². The standard InChI is InChI=1S/C15H22N4O2/c1-5-12-14(20)18-13(9(2)3)15(21)19(12)8-11-7-16-10(4)6-17-11/h6-7,9,12-13H,5,8H2,1-4H3,(H,18,20). The molecule has 1 aliphatic rings. The monoisotopic (exact) mass is 290 g/mol. The summed E-state index contributed by atoms with van der Waals surface area (Å²) >= 11 is 0. The van der Waals surface area contributed by atoms with Crippen molar-refractivity contribution in [3.63, 3.8) is 0 Å². The lowest BCUT2D eigenvalue weighted by Crippen LogP contribution is -2.64. The van der Waals surface area contributed by atoms with Crippen LogP contribution in [0, 0.1) is 12.8 Å². The number of piperazine rings is 1. The van der Waals surface area contributed by atoms with Crippen molar-refractivity contribution in [1.82, 2.24) is 20.2 Å². The van der Waals surface area contributed by atoms with Gasteiger partial charge in [0.25, 0.3) is 0 Å². The van der Waals surface area contributed by atoms with Crippen LogP contribution in [0.15, 0.2) is 12.4 Å². The lowest BCUT2D eigenvalue weighted by molar-refractivity contribution is -0.151. The van der Waals surface area contributed by atoms with E-state index < -0.39 is 12.1 Å². The van der Waals surface area contributed by atoms with Crippen molar-refractivity contribution in [3.05, 3.63) is 23.8 Å². The lowest BCUT2D eigenvalue weighted by atomic mass is 9.97. The summed E-state index contributed by atoms with van der Waals surface area (Å²) in [5.74, 6) is -0.0689. The molecule has 1 aromatic rings. The number of amides is 2. The highest BCUT2D eigenvalue weighted by molar-refractivity contribution is 5.97. The quantitative estimate of drug-likeness (QED) is 0.899. The van der Waals surface area contributed by atoms with Crippen LogP contribution in [0.5, 0.6) is 0 Å². The molecule has 1 saturated heterocycles. The van der Waals surface area contributed by atoms with Gasteiger partial charge in [-0.1, -0.05) is 20.8 Å². The number of nitrogens with one attached hydrogen (secondary N) is 1. The first-order valence-corrected chi connectivity index (χ1v) is 7.32. The molecule has 1 aliphatic heterocycles. The first-order chi connectivity index (χ1) is 9.93. The number of hydrogen-bond acceptors (Lipinski definition) is 4. The van der Waals surface area contributed by atoms with Gasteiger partial charge in [0, 0.05) is 6.20 Å². The van der Waals surface area contributed by atoms with Crippen LogP contribution in [0.2, 0.25) is 0 Å². The van der Waals surface area contributed by atoms with Gasteiger partial charge < -0.3 is 10.2 Å². The van der Waals surface area contributed by atoms with E-state index in [4.69, 9.17) is 0 Å². The van der Waals surface area contributed by atoms with Gasteiger partial charge in [-0.2, -0.15) is 0 Å². The summed E-state index contributed by atoms with van der Waals surface area (Å²) in [5.41, 5.74) is 1.53. The number of rotatable bonds is 4. The van der Waals surface area contributed by atoms with Crippen LogP contribution < -0.4 is 5.32 Å². The number of nitrogens with zero attached hydrogens (tertiary/aromatic N) is 3. The largest absolute Gasteiger partial charge is 0.342 e. The summed E-state index contributed by atoms with van der Waals surface area (Å²) in [5, 5.41) is 2.83. The lowest BCUT2D eigenvalue weighted by Gasteiger charge is -2.39. The molecule has 0 bridgehead atoms. The smallest absolute Gasteiger partial charge is 0.246 e. The zero-order valence-electron chi connectivity index (χ0n) is 13.0. The fraction of sp³-hybridized carbons (Fsp3) is 0.600.